The molecule has 0 atom stereocenters. The summed E-state index contributed by atoms with van der Waals surface area (Å²) in [6.07, 6.45) is 1.37. The molecule has 2 rings (SSSR count). The Morgan fingerprint density at radius 3 is 3.06 bits per heavy atom. The number of hydrogen-bond donors (Lipinski definition) is 2. The van der Waals surface area contributed by atoms with Crippen molar-refractivity contribution >= 4 is 23.1 Å². The number of nitrogens with one attached hydrogen (secondary N) is 2. The molecule has 80 valence electrons. The molecule has 0 saturated carbocycles. The van der Waals surface area contributed by atoms with Gasteiger partial charge in [-0.2, -0.15) is 10.4 Å². The lowest BCUT2D eigenvalue weighted by atomic mass is 10.3. The van der Waals surface area contributed by atoms with Gasteiger partial charge in [-0.25, -0.2) is 0 Å². The van der Waals surface area contributed by atoms with E-state index in [-0.39, 0.29) is 5.91 Å². The monoisotopic (exact) mass is 232 g/mol. The average molecular weight is 232 g/mol. The van der Waals surface area contributed by atoms with E-state index >= 15 is 0 Å². The van der Waals surface area contributed by atoms with Gasteiger partial charge in [0.1, 0.15) is 17.5 Å². The number of nitriles is 1. The van der Waals surface area contributed by atoms with Gasteiger partial charge in [0.15, 0.2) is 0 Å². The molecule has 2 N–H and O–H groups in total. The number of amides is 1. The summed E-state index contributed by atoms with van der Waals surface area (Å²) >= 11 is 1.40. The van der Waals surface area contributed by atoms with Crippen molar-refractivity contribution in [2.45, 2.75) is 6.92 Å². The number of aromatic amines is 1. The molecule has 0 spiro atoms. The fourth-order valence-electron chi connectivity index (χ4n) is 1.20. The largest absolute Gasteiger partial charge is 0.305 e. The van der Waals surface area contributed by atoms with Gasteiger partial charge in [-0.15, -0.1) is 11.3 Å². The third-order valence-corrected chi connectivity index (χ3v) is 2.96. The second-order valence-electron chi connectivity index (χ2n) is 3.13. The van der Waals surface area contributed by atoms with E-state index in [9.17, 15) is 4.79 Å². The van der Waals surface area contributed by atoms with Crippen molar-refractivity contribution in [3.8, 4) is 6.07 Å². The Hall–Kier alpha value is -2.13. The lowest BCUT2D eigenvalue weighted by Crippen LogP contribution is -2.11. The summed E-state index contributed by atoms with van der Waals surface area (Å²) in [4.78, 5) is 13.4. The van der Waals surface area contributed by atoms with Crippen LogP contribution in [0.25, 0.3) is 0 Å². The van der Waals surface area contributed by atoms with Crippen LogP contribution in [0.15, 0.2) is 18.3 Å². The van der Waals surface area contributed by atoms with Crippen molar-refractivity contribution in [2.24, 2.45) is 0 Å². The number of carbonyl (C=O) groups excluding carboxylic acids is 1. The summed E-state index contributed by atoms with van der Waals surface area (Å²) < 4.78 is 0. The van der Waals surface area contributed by atoms with Crippen molar-refractivity contribution in [1.29, 1.82) is 5.26 Å². The number of aryl methyl sites for hydroxylation is 1. The molecule has 0 aliphatic rings. The van der Waals surface area contributed by atoms with E-state index < -0.39 is 0 Å². The van der Waals surface area contributed by atoms with Crippen LogP contribution in [0.4, 0.5) is 5.82 Å². The molecule has 0 unspecified atom stereocenters. The number of rotatable bonds is 2. The molecule has 0 bridgehead atoms. The van der Waals surface area contributed by atoms with Gasteiger partial charge in [0.05, 0.1) is 11.1 Å². The number of H-pyrrole nitrogens is 1. The first-order valence-corrected chi connectivity index (χ1v) is 5.33. The summed E-state index contributed by atoms with van der Waals surface area (Å²) in [6, 6.07) is 5.55. The minimum Gasteiger partial charge on any atom is -0.305 e. The maximum Gasteiger partial charge on any atom is 0.266 e. The maximum atomic E-state index is 11.7. The number of hydrogen-bond acceptors (Lipinski definition) is 4. The van der Waals surface area contributed by atoms with E-state index in [4.69, 9.17) is 5.26 Å². The molecule has 0 aromatic carbocycles. The third kappa shape index (κ3) is 1.94. The van der Waals surface area contributed by atoms with E-state index in [2.05, 4.69) is 15.5 Å². The SMILES string of the molecule is Cc1ccc(C(=O)Nc2[nH]ncc2C#N)s1. The summed E-state index contributed by atoms with van der Waals surface area (Å²) in [5.41, 5.74) is 0.321. The Morgan fingerprint density at radius 2 is 2.44 bits per heavy atom. The summed E-state index contributed by atoms with van der Waals surface area (Å²) in [5.74, 6) is 0.0948. The molecule has 0 fully saturated rings. The highest BCUT2D eigenvalue weighted by molar-refractivity contribution is 7.14. The molecule has 0 aliphatic heterocycles. The zero-order chi connectivity index (χ0) is 11.5. The van der Waals surface area contributed by atoms with Crippen molar-refractivity contribution in [3.05, 3.63) is 33.6 Å². The molecule has 16 heavy (non-hydrogen) atoms. The highest BCUT2D eigenvalue weighted by Crippen LogP contribution is 2.17. The van der Waals surface area contributed by atoms with E-state index in [1.165, 1.54) is 17.5 Å². The predicted octanol–water partition coefficient (Wildman–Crippen LogP) is 1.90. The lowest BCUT2D eigenvalue weighted by molar-refractivity contribution is 0.103. The zero-order valence-corrected chi connectivity index (χ0v) is 9.26. The van der Waals surface area contributed by atoms with Crippen molar-refractivity contribution < 1.29 is 4.79 Å². The van der Waals surface area contributed by atoms with Gasteiger partial charge < -0.3 is 5.32 Å². The minimum absolute atomic E-state index is 0.237. The molecule has 1 amide bonds. The lowest BCUT2D eigenvalue weighted by Gasteiger charge is -1.99. The van der Waals surface area contributed by atoms with Crippen molar-refractivity contribution in [1.82, 2.24) is 10.2 Å². The topological polar surface area (TPSA) is 81.6 Å². The maximum absolute atomic E-state index is 11.7. The Labute approximate surface area is 95.7 Å². The molecule has 0 radical (unpaired) electrons. The van der Waals surface area contributed by atoms with Crippen LogP contribution in [0.5, 0.6) is 0 Å². The Balaban J connectivity index is 2.17. The van der Waals surface area contributed by atoms with Gasteiger partial charge in [-0.1, -0.05) is 0 Å². The second kappa shape index (κ2) is 4.16. The molecular weight excluding hydrogens is 224 g/mol. The average Bonchev–Trinajstić information content (AvgIpc) is 2.86. The second-order valence-corrected chi connectivity index (χ2v) is 4.42. The van der Waals surface area contributed by atoms with Crippen LogP contribution in [0.1, 0.15) is 20.1 Å². The van der Waals surface area contributed by atoms with Crippen LogP contribution in [0, 0.1) is 18.3 Å². The number of anilines is 1. The van der Waals surface area contributed by atoms with Crippen molar-refractivity contribution in [2.75, 3.05) is 5.32 Å². The van der Waals surface area contributed by atoms with Crippen LogP contribution in [0.2, 0.25) is 0 Å². The van der Waals surface area contributed by atoms with Crippen LogP contribution in [0.3, 0.4) is 0 Å². The van der Waals surface area contributed by atoms with Gasteiger partial charge in [0.25, 0.3) is 5.91 Å². The number of thiophene rings is 1. The normalized spacial score (nSPS) is 9.75. The van der Waals surface area contributed by atoms with Gasteiger partial charge >= 0.3 is 0 Å². The number of nitrogens with zero attached hydrogens (tertiary/aromatic N) is 2. The van der Waals surface area contributed by atoms with Gasteiger partial charge in [0.2, 0.25) is 0 Å². The standard InChI is InChI=1S/C10H8N4OS/c1-6-2-3-8(16-6)10(15)13-9-7(4-11)5-12-14-9/h2-3,5H,1H3,(H2,12,13,14,15). The van der Waals surface area contributed by atoms with Crippen LogP contribution in [-0.2, 0) is 0 Å². The molecule has 0 saturated heterocycles. The molecule has 2 heterocycles. The highest BCUT2D eigenvalue weighted by atomic mass is 32.1. The number of carbonyl (C=O) groups is 1. The van der Waals surface area contributed by atoms with E-state index in [1.807, 2.05) is 19.1 Å². The minimum atomic E-state index is -0.237. The fraction of sp³-hybridized carbons (Fsp3) is 0.100. The zero-order valence-electron chi connectivity index (χ0n) is 8.44. The van der Waals surface area contributed by atoms with Crippen LogP contribution < -0.4 is 5.32 Å². The first-order valence-electron chi connectivity index (χ1n) is 4.52. The van der Waals surface area contributed by atoms with E-state index in [1.54, 1.807) is 6.07 Å². The van der Waals surface area contributed by atoms with Gasteiger partial charge in [0, 0.05) is 4.88 Å². The highest BCUT2D eigenvalue weighted by Gasteiger charge is 2.11. The Morgan fingerprint density at radius 1 is 1.62 bits per heavy atom. The molecule has 6 heteroatoms. The Bertz CT molecular complexity index is 563. The molecule has 2 aromatic rings. The summed E-state index contributed by atoms with van der Waals surface area (Å²) in [5, 5.41) is 17.6. The molecule has 0 aliphatic carbocycles. The first kappa shape index (κ1) is 10.4. The number of aromatic nitrogens is 2. The fourth-order valence-corrected chi connectivity index (χ4v) is 1.96. The Kier molecular flexibility index (Phi) is 2.70. The summed E-state index contributed by atoms with van der Waals surface area (Å²) in [7, 11) is 0. The molecular formula is C10H8N4OS. The summed E-state index contributed by atoms with van der Waals surface area (Å²) in [6.45, 7) is 1.93. The van der Waals surface area contributed by atoms with Crippen LogP contribution >= 0.6 is 11.3 Å². The third-order valence-electron chi connectivity index (χ3n) is 1.96. The van der Waals surface area contributed by atoms with Gasteiger partial charge in [-0.05, 0) is 19.1 Å². The smallest absolute Gasteiger partial charge is 0.266 e. The van der Waals surface area contributed by atoms with Crippen molar-refractivity contribution in [3.63, 3.8) is 0 Å². The molecule has 5 nitrogen and oxygen atoms in total. The molecule has 2 aromatic heterocycles. The van der Waals surface area contributed by atoms with E-state index in [0.29, 0.717) is 16.3 Å². The van der Waals surface area contributed by atoms with Gasteiger partial charge in [-0.3, -0.25) is 9.89 Å². The van der Waals surface area contributed by atoms with E-state index in [0.717, 1.165) is 4.88 Å². The predicted molar refractivity (Wildman–Crippen MR) is 60.3 cm³/mol. The first-order chi connectivity index (χ1) is 7.70. The quantitative estimate of drug-likeness (QED) is 0.829. The van der Waals surface area contributed by atoms with Crippen LogP contribution in [-0.4, -0.2) is 16.1 Å².